The molecule has 8 heteroatoms. The van der Waals surface area contributed by atoms with Gasteiger partial charge in [0.1, 0.15) is 0 Å². The van der Waals surface area contributed by atoms with Crippen LogP contribution in [0.3, 0.4) is 0 Å². The van der Waals surface area contributed by atoms with E-state index in [2.05, 4.69) is 10.4 Å². The minimum atomic E-state index is -4.59. The largest absolute Gasteiger partial charge is 0.415 e. The van der Waals surface area contributed by atoms with Gasteiger partial charge in [0, 0.05) is 24.6 Å². The van der Waals surface area contributed by atoms with Gasteiger partial charge in [0.15, 0.2) is 6.10 Å². The number of hydrogen-bond acceptors (Lipinski definition) is 4. The van der Waals surface area contributed by atoms with Crippen LogP contribution in [0.5, 0.6) is 0 Å². The van der Waals surface area contributed by atoms with Crippen molar-refractivity contribution in [2.75, 3.05) is 6.54 Å². The van der Waals surface area contributed by atoms with E-state index in [-0.39, 0.29) is 17.6 Å². The van der Waals surface area contributed by atoms with Crippen molar-refractivity contribution in [3.05, 3.63) is 28.2 Å². The van der Waals surface area contributed by atoms with E-state index in [1.165, 1.54) is 0 Å². The maximum atomic E-state index is 12.3. The van der Waals surface area contributed by atoms with E-state index in [9.17, 15) is 18.0 Å². The molecule has 2 saturated carbocycles. The summed E-state index contributed by atoms with van der Waals surface area (Å²) in [6.07, 6.45) is -1.98. The zero-order valence-corrected chi connectivity index (χ0v) is 13.3. The number of nitrogens with zero attached hydrogens (tertiary/aromatic N) is 2. The molecule has 0 bridgehead atoms. The molecule has 1 heterocycles. The molecule has 2 aliphatic carbocycles. The molecule has 0 saturated heterocycles. The number of halogens is 3. The van der Waals surface area contributed by atoms with Crippen LogP contribution >= 0.6 is 0 Å². The second kappa shape index (κ2) is 6.84. The molecule has 24 heavy (non-hydrogen) atoms. The van der Waals surface area contributed by atoms with Crippen LogP contribution in [0.1, 0.15) is 56.2 Å². The molecule has 1 unspecified atom stereocenters. The lowest BCUT2D eigenvalue weighted by atomic mass is 9.91. The van der Waals surface area contributed by atoms with Gasteiger partial charge < -0.3 is 10.4 Å². The van der Waals surface area contributed by atoms with Crippen LogP contribution in [0.25, 0.3) is 0 Å². The molecule has 2 fully saturated rings. The number of rotatable bonds is 5. The topological polar surface area (TPSA) is 67.2 Å². The van der Waals surface area contributed by atoms with Gasteiger partial charge in [0.25, 0.3) is 5.56 Å². The van der Waals surface area contributed by atoms with E-state index in [1.807, 2.05) is 0 Å². The molecule has 0 aliphatic heterocycles. The molecule has 0 aromatic carbocycles. The summed E-state index contributed by atoms with van der Waals surface area (Å²) in [4.78, 5) is 12.0. The molecule has 0 amide bonds. The Morgan fingerprint density at radius 2 is 1.88 bits per heavy atom. The fourth-order valence-electron chi connectivity index (χ4n) is 3.22. The van der Waals surface area contributed by atoms with Crippen LogP contribution in [0.15, 0.2) is 16.9 Å². The third kappa shape index (κ3) is 4.16. The normalized spacial score (nSPS) is 26.3. The predicted molar refractivity (Wildman–Crippen MR) is 81.8 cm³/mol. The maximum Gasteiger partial charge on any atom is 0.415 e. The van der Waals surface area contributed by atoms with Gasteiger partial charge in [0.2, 0.25) is 0 Å². The van der Waals surface area contributed by atoms with Crippen LogP contribution in [0.2, 0.25) is 0 Å². The van der Waals surface area contributed by atoms with Gasteiger partial charge in [-0.15, -0.1) is 0 Å². The first-order chi connectivity index (χ1) is 11.3. The van der Waals surface area contributed by atoms with Gasteiger partial charge >= 0.3 is 6.18 Å². The van der Waals surface area contributed by atoms with Crippen LogP contribution < -0.4 is 10.9 Å². The number of alkyl halides is 3. The summed E-state index contributed by atoms with van der Waals surface area (Å²) in [5.41, 5.74) is 0.839. The highest BCUT2D eigenvalue weighted by Crippen LogP contribution is 2.38. The maximum absolute atomic E-state index is 12.3. The van der Waals surface area contributed by atoms with E-state index in [1.54, 1.807) is 16.8 Å². The van der Waals surface area contributed by atoms with Gasteiger partial charge in [0.05, 0.1) is 11.7 Å². The first-order valence-corrected chi connectivity index (χ1v) is 8.42. The standard InChI is InChI=1S/C16H22F3N3O2/c17-16(18,19)14(23)9-20-11-3-5-12(6-4-11)22-15(24)8-7-13(21-22)10-1-2-10/h7-8,10-12,14,20,23H,1-6,9H2. The molecule has 0 spiro atoms. The third-order valence-corrected chi connectivity index (χ3v) is 4.86. The number of aliphatic hydroxyl groups excluding tert-OH is 1. The van der Waals surface area contributed by atoms with Crippen LogP contribution in [0.4, 0.5) is 13.2 Å². The summed E-state index contributed by atoms with van der Waals surface area (Å²) in [7, 11) is 0. The highest BCUT2D eigenvalue weighted by Gasteiger charge is 2.38. The first kappa shape index (κ1) is 17.4. The highest BCUT2D eigenvalue weighted by molar-refractivity contribution is 5.13. The smallest absolute Gasteiger partial charge is 0.382 e. The SMILES string of the molecule is O=c1ccc(C2CC2)nn1C1CCC(NCC(O)C(F)(F)F)CC1. The number of aliphatic hydroxyl groups is 1. The molecule has 5 nitrogen and oxygen atoms in total. The second-order valence-corrected chi connectivity index (χ2v) is 6.79. The Morgan fingerprint density at radius 3 is 2.46 bits per heavy atom. The fraction of sp³-hybridized carbons (Fsp3) is 0.750. The van der Waals surface area contributed by atoms with Gasteiger partial charge in [-0.25, -0.2) is 4.68 Å². The minimum absolute atomic E-state index is 0.00166. The summed E-state index contributed by atoms with van der Waals surface area (Å²) in [5, 5.41) is 16.3. The second-order valence-electron chi connectivity index (χ2n) is 6.79. The molecule has 3 rings (SSSR count). The summed E-state index contributed by atoms with van der Waals surface area (Å²) in [5.74, 6) is 0.471. The van der Waals surface area contributed by atoms with Crippen molar-refractivity contribution in [3.8, 4) is 0 Å². The Morgan fingerprint density at radius 1 is 1.21 bits per heavy atom. The van der Waals surface area contributed by atoms with E-state index < -0.39 is 18.8 Å². The Labute approximate surface area is 137 Å². The zero-order chi connectivity index (χ0) is 17.3. The Kier molecular flexibility index (Phi) is 4.96. The fourth-order valence-corrected chi connectivity index (χ4v) is 3.22. The molecule has 1 aromatic heterocycles. The number of aromatic nitrogens is 2. The van der Waals surface area contributed by atoms with Crippen molar-refractivity contribution in [3.63, 3.8) is 0 Å². The quantitative estimate of drug-likeness (QED) is 0.858. The van der Waals surface area contributed by atoms with Gasteiger partial charge in [-0.2, -0.15) is 18.3 Å². The average molecular weight is 345 g/mol. The van der Waals surface area contributed by atoms with E-state index in [0.717, 1.165) is 18.5 Å². The summed E-state index contributed by atoms with van der Waals surface area (Å²) in [6.45, 7) is -0.492. The molecular formula is C16H22F3N3O2. The molecule has 0 radical (unpaired) electrons. The first-order valence-electron chi connectivity index (χ1n) is 8.42. The lowest BCUT2D eigenvalue weighted by molar-refractivity contribution is -0.202. The molecule has 1 atom stereocenters. The molecule has 134 valence electrons. The van der Waals surface area contributed by atoms with Gasteiger partial charge in [-0.05, 0) is 44.6 Å². The van der Waals surface area contributed by atoms with E-state index in [4.69, 9.17) is 5.11 Å². The average Bonchev–Trinajstić information content (AvgIpc) is 3.37. The minimum Gasteiger partial charge on any atom is -0.382 e. The Bertz CT molecular complexity index is 620. The third-order valence-electron chi connectivity index (χ3n) is 4.86. The lowest BCUT2D eigenvalue weighted by Crippen LogP contribution is -2.44. The van der Waals surface area contributed by atoms with Crippen molar-refractivity contribution < 1.29 is 18.3 Å². The molecule has 1 aromatic rings. The van der Waals surface area contributed by atoms with Crippen molar-refractivity contribution in [1.29, 1.82) is 0 Å². The Hall–Kier alpha value is -1.41. The van der Waals surface area contributed by atoms with Crippen LogP contribution in [-0.4, -0.2) is 39.8 Å². The summed E-state index contributed by atoms with van der Waals surface area (Å²) >= 11 is 0. The van der Waals surface area contributed by atoms with Crippen molar-refractivity contribution >= 4 is 0 Å². The molecule has 2 N–H and O–H groups in total. The highest BCUT2D eigenvalue weighted by atomic mass is 19.4. The zero-order valence-electron chi connectivity index (χ0n) is 13.3. The predicted octanol–water partition coefficient (Wildman–Crippen LogP) is 2.12. The van der Waals surface area contributed by atoms with Crippen molar-refractivity contribution in [2.45, 2.75) is 68.8 Å². The Balaban J connectivity index is 1.54. The van der Waals surface area contributed by atoms with Gasteiger partial charge in [-0.1, -0.05) is 0 Å². The lowest BCUT2D eigenvalue weighted by Gasteiger charge is -2.30. The number of nitrogens with one attached hydrogen (secondary N) is 1. The van der Waals surface area contributed by atoms with Crippen LogP contribution in [-0.2, 0) is 0 Å². The van der Waals surface area contributed by atoms with E-state index in [0.29, 0.717) is 31.6 Å². The van der Waals surface area contributed by atoms with Crippen molar-refractivity contribution in [1.82, 2.24) is 15.1 Å². The van der Waals surface area contributed by atoms with Gasteiger partial charge in [-0.3, -0.25) is 4.79 Å². The number of hydrogen-bond donors (Lipinski definition) is 2. The molecular weight excluding hydrogens is 323 g/mol. The molecule has 2 aliphatic rings. The summed E-state index contributed by atoms with van der Waals surface area (Å²) in [6, 6.07) is 3.29. The monoisotopic (exact) mass is 345 g/mol. The van der Waals surface area contributed by atoms with Crippen molar-refractivity contribution in [2.24, 2.45) is 0 Å². The summed E-state index contributed by atoms with van der Waals surface area (Å²) < 4.78 is 38.5. The van der Waals surface area contributed by atoms with E-state index >= 15 is 0 Å². The van der Waals surface area contributed by atoms with Crippen LogP contribution in [0, 0.1) is 0 Å².